The van der Waals surface area contributed by atoms with Crippen LogP contribution in [0.3, 0.4) is 0 Å². The fourth-order valence-corrected chi connectivity index (χ4v) is 2.72. The van der Waals surface area contributed by atoms with E-state index in [0.717, 1.165) is 5.46 Å². The van der Waals surface area contributed by atoms with Crippen molar-refractivity contribution in [1.82, 2.24) is 10.1 Å². The van der Waals surface area contributed by atoms with Crippen molar-refractivity contribution in [3.63, 3.8) is 0 Å². The van der Waals surface area contributed by atoms with Crippen LogP contribution in [-0.4, -0.2) is 39.7 Å². The molecule has 1 amide bonds. The Morgan fingerprint density at radius 2 is 1.73 bits per heavy atom. The molecule has 3 rings (SSSR count). The van der Waals surface area contributed by atoms with E-state index in [1.54, 1.807) is 13.0 Å². The van der Waals surface area contributed by atoms with Crippen LogP contribution >= 0.6 is 0 Å². The van der Waals surface area contributed by atoms with Gasteiger partial charge < -0.3 is 18.9 Å². The molecule has 1 aliphatic rings. The number of aromatic nitrogens is 2. The van der Waals surface area contributed by atoms with Crippen molar-refractivity contribution in [2.45, 2.75) is 52.7 Å². The van der Waals surface area contributed by atoms with Crippen LogP contribution in [0.15, 0.2) is 16.7 Å². The van der Waals surface area contributed by atoms with Gasteiger partial charge in [0, 0.05) is 11.2 Å². The van der Waals surface area contributed by atoms with Crippen molar-refractivity contribution in [3.05, 3.63) is 23.5 Å². The van der Waals surface area contributed by atoms with E-state index in [9.17, 15) is 4.79 Å². The average Bonchev–Trinajstić information content (AvgIpc) is 2.96. The molecule has 2 aromatic heterocycles. The third-order valence-corrected chi connectivity index (χ3v) is 4.96. The lowest BCUT2D eigenvalue weighted by molar-refractivity contribution is 0.00578. The molecule has 0 aliphatic carbocycles. The lowest BCUT2D eigenvalue weighted by Gasteiger charge is -2.32. The van der Waals surface area contributed by atoms with E-state index in [2.05, 4.69) is 15.5 Å². The van der Waals surface area contributed by atoms with Crippen molar-refractivity contribution in [3.8, 4) is 11.5 Å². The van der Waals surface area contributed by atoms with Crippen molar-refractivity contribution in [2.75, 3.05) is 5.32 Å². The largest absolute Gasteiger partial charge is 0.496 e. The molecule has 3 heterocycles. The van der Waals surface area contributed by atoms with Gasteiger partial charge in [-0.15, -0.1) is 0 Å². The summed E-state index contributed by atoms with van der Waals surface area (Å²) in [6.45, 7) is 11.5. The van der Waals surface area contributed by atoms with Crippen LogP contribution in [0, 0.1) is 13.8 Å². The Balaban J connectivity index is 1.94. The minimum Gasteiger partial charge on any atom is -0.465 e. The summed E-state index contributed by atoms with van der Waals surface area (Å²) in [4.78, 5) is 15.5. The number of amides is 1. The molecule has 0 saturated carbocycles. The van der Waals surface area contributed by atoms with E-state index in [0.29, 0.717) is 17.1 Å². The molecule has 2 N–H and O–H groups in total. The van der Waals surface area contributed by atoms with Gasteiger partial charge in [-0.2, -0.15) is 0 Å². The van der Waals surface area contributed by atoms with Gasteiger partial charge in [0.05, 0.1) is 11.2 Å². The number of aryl methyl sites for hydroxylation is 2. The molecule has 26 heavy (non-hydrogen) atoms. The molecule has 0 atom stereocenters. The summed E-state index contributed by atoms with van der Waals surface area (Å²) in [6, 6.07) is 3.59. The van der Waals surface area contributed by atoms with Gasteiger partial charge in [-0.1, -0.05) is 11.2 Å². The second-order valence-corrected chi connectivity index (χ2v) is 7.36. The molecule has 2 aromatic rings. The molecule has 1 aliphatic heterocycles. The Morgan fingerprint density at radius 3 is 2.27 bits per heavy atom. The third kappa shape index (κ3) is 3.08. The van der Waals surface area contributed by atoms with Crippen LogP contribution in [0.4, 0.5) is 10.5 Å². The number of nitrogens with one attached hydrogen (secondary N) is 1. The zero-order chi connectivity index (χ0) is 19.3. The minimum atomic E-state index is -1.19. The van der Waals surface area contributed by atoms with E-state index in [1.165, 1.54) is 0 Å². The van der Waals surface area contributed by atoms with Gasteiger partial charge in [0.15, 0.2) is 0 Å². The summed E-state index contributed by atoms with van der Waals surface area (Å²) in [5, 5.41) is 15.1. The summed E-state index contributed by atoms with van der Waals surface area (Å²) >= 11 is 0. The standard InChI is InChI=1S/C17H22BN3O5/c1-9-11(18-25-16(3,4)17(5,6)26-18)7-8-12(19-9)14-13(20-15(22)23)10(2)21-24-14/h7-8,20H,1-6H3,(H,22,23). The van der Waals surface area contributed by atoms with Crippen molar-refractivity contribution >= 4 is 24.4 Å². The molecule has 1 fully saturated rings. The lowest BCUT2D eigenvalue weighted by atomic mass is 9.78. The van der Waals surface area contributed by atoms with Crippen molar-refractivity contribution < 1.29 is 23.7 Å². The molecule has 138 valence electrons. The molecular formula is C17H22BN3O5. The van der Waals surface area contributed by atoms with Gasteiger partial charge >= 0.3 is 13.2 Å². The minimum absolute atomic E-state index is 0.272. The SMILES string of the molecule is Cc1nc(-c2onc(C)c2NC(=O)O)ccc1B1OC(C)(C)C(C)(C)O1. The predicted octanol–water partition coefficient (Wildman–Crippen LogP) is 2.74. The Hall–Kier alpha value is -2.39. The molecular weight excluding hydrogens is 337 g/mol. The lowest BCUT2D eigenvalue weighted by Crippen LogP contribution is -2.41. The quantitative estimate of drug-likeness (QED) is 0.812. The topological polar surface area (TPSA) is 107 Å². The summed E-state index contributed by atoms with van der Waals surface area (Å²) < 4.78 is 17.4. The molecule has 9 heteroatoms. The number of carboxylic acid groups (broad SMARTS) is 1. The van der Waals surface area contributed by atoms with Crippen molar-refractivity contribution in [2.24, 2.45) is 0 Å². The molecule has 8 nitrogen and oxygen atoms in total. The first-order chi connectivity index (χ1) is 12.0. The van der Waals surface area contributed by atoms with Gasteiger partial charge in [0.2, 0.25) is 5.76 Å². The number of hydrogen-bond donors (Lipinski definition) is 2. The van der Waals surface area contributed by atoms with Crippen LogP contribution in [0.2, 0.25) is 0 Å². The van der Waals surface area contributed by atoms with Gasteiger partial charge in [0.1, 0.15) is 17.1 Å². The van der Waals surface area contributed by atoms with Crippen LogP contribution in [0.5, 0.6) is 0 Å². The van der Waals surface area contributed by atoms with E-state index >= 15 is 0 Å². The molecule has 0 radical (unpaired) electrons. The maximum Gasteiger partial charge on any atom is 0.496 e. The first-order valence-corrected chi connectivity index (χ1v) is 8.31. The van der Waals surface area contributed by atoms with Crippen LogP contribution in [0.25, 0.3) is 11.5 Å². The van der Waals surface area contributed by atoms with Gasteiger partial charge in [-0.3, -0.25) is 10.3 Å². The Bertz CT molecular complexity index is 846. The van der Waals surface area contributed by atoms with E-state index in [4.69, 9.17) is 18.9 Å². The Kier molecular flexibility index (Phi) is 4.32. The zero-order valence-electron chi connectivity index (χ0n) is 15.7. The van der Waals surface area contributed by atoms with E-state index < -0.39 is 24.4 Å². The maximum atomic E-state index is 11.0. The van der Waals surface area contributed by atoms with Crippen LogP contribution < -0.4 is 10.8 Å². The van der Waals surface area contributed by atoms with Gasteiger partial charge in [-0.25, -0.2) is 4.79 Å². The van der Waals surface area contributed by atoms with Gasteiger partial charge in [-0.05, 0) is 47.6 Å². The number of carbonyl (C=O) groups is 1. The summed E-state index contributed by atoms with van der Waals surface area (Å²) in [5.41, 5.74) is 1.84. The number of nitrogens with zero attached hydrogens (tertiary/aromatic N) is 2. The third-order valence-electron chi connectivity index (χ3n) is 4.96. The molecule has 0 aromatic carbocycles. The summed E-state index contributed by atoms with van der Waals surface area (Å²) in [6.07, 6.45) is -1.19. The summed E-state index contributed by atoms with van der Waals surface area (Å²) in [7, 11) is -0.519. The predicted molar refractivity (Wildman–Crippen MR) is 96.6 cm³/mol. The number of rotatable bonds is 3. The number of pyridine rings is 1. The second-order valence-electron chi connectivity index (χ2n) is 7.36. The smallest absolute Gasteiger partial charge is 0.465 e. The number of anilines is 1. The Morgan fingerprint density at radius 1 is 1.12 bits per heavy atom. The van der Waals surface area contributed by atoms with Gasteiger partial charge in [0.25, 0.3) is 0 Å². The summed E-state index contributed by atoms with van der Waals surface area (Å²) in [5.74, 6) is 0.272. The Labute approximate surface area is 152 Å². The maximum absolute atomic E-state index is 11.0. The van der Waals surface area contributed by atoms with E-state index in [-0.39, 0.29) is 11.4 Å². The molecule has 0 spiro atoms. The monoisotopic (exact) mass is 359 g/mol. The van der Waals surface area contributed by atoms with Crippen LogP contribution in [-0.2, 0) is 9.31 Å². The number of hydrogen-bond acceptors (Lipinski definition) is 6. The normalized spacial score (nSPS) is 18.2. The van der Waals surface area contributed by atoms with Crippen molar-refractivity contribution in [1.29, 1.82) is 0 Å². The molecule has 0 bridgehead atoms. The highest BCUT2D eigenvalue weighted by atomic mass is 16.7. The first kappa shape index (κ1) is 18.4. The highest BCUT2D eigenvalue weighted by Gasteiger charge is 2.52. The molecule has 0 unspecified atom stereocenters. The first-order valence-electron chi connectivity index (χ1n) is 8.31. The highest BCUT2D eigenvalue weighted by molar-refractivity contribution is 6.62. The fourth-order valence-electron chi connectivity index (χ4n) is 2.72. The average molecular weight is 359 g/mol. The molecule has 1 saturated heterocycles. The van der Waals surface area contributed by atoms with Crippen LogP contribution in [0.1, 0.15) is 39.1 Å². The zero-order valence-corrected chi connectivity index (χ0v) is 15.7. The fraction of sp³-hybridized carbons (Fsp3) is 0.471. The highest BCUT2D eigenvalue weighted by Crippen LogP contribution is 2.37. The van der Waals surface area contributed by atoms with E-state index in [1.807, 2.05) is 40.7 Å². The second kappa shape index (κ2) is 6.10.